The SMILES string of the molecule is CCc1ccc(C(=O)NNC(=O)CCNS(=O)(=O)/C=C/c2ccc(C)cc2)cc1. The summed E-state index contributed by atoms with van der Waals surface area (Å²) in [5.41, 5.74) is 7.94. The van der Waals surface area contributed by atoms with Gasteiger partial charge < -0.3 is 0 Å². The van der Waals surface area contributed by atoms with E-state index in [1.807, 2.05) is 50.2 Å². The van der Waals surface area contributed by atoms with E-state index in [0.717, 1.165) is 28.5 Å². The average Bonchev–Trinajstić information content (AvgIpc) is 2.71. The highest BCUT2D eigenvalue weighted by Crippen LogP contribution is 2.06. The molecule has 0 unspecified atom stereocenters. The molecule has 2 amide bonds. The number of amides is 2. The van der Waals surface area contributed by atoms with Crippen molar-refractivity contribution in [1.29, 1.82) is 0 Å². The van der Waals surface area contributed by atoms with Crippen LogP contribution in [-0.2, 0) is 21.2 Å². The molecular formula is C21H25N3O4S. The van der Waals surface area contributed by atoms with Gasteiger partial charge in [0.25, 0.3) is 5.91 Å². The summed E-state index contributed by atoms with van der Waals surface area (Å²) in [7, 11) is -3.66. The molecule has 0 aromatic heterocycles. The standard InChI is InChI=1S/C21H25N3O4S/c1-3-17-8-10-19(11-9-17)21(26)24-23-20(25)12-14-22-29(27,28)15-13-18-6-4-16(2)5-7-18/h4-11,13,15,22H,3,12,14H2,1-2H3,(H,23,25)(H,24,26)/b15-13+. The fourth-order valence-corrected chi connectivity index (χ4v) is 3.17. The van der Waals surface area contributed by atoms with Crippen LogP contribution in [0.5, 0.6) is 0 Å². The first-order chi connectivity index (χ1) is 13.8. The summed E-state index contributed by atoms with van der Waals surface area (Å²) in [6, 6.07) is 14.4. The Morgan fingerprint density at radius 1 is 0.966 bits per heavy atom. The molecule has 0 saturated heterocycles. The highest BCUT2D eigenvalue weighted by Gasteiger charge is 2.09. The lowest BCUT2D eigenvalue weighted by atomic mass is 10.1. The molecule has 154 valence electrons. The monoisotopic (exact) mass is 415 g/mol. The number of hydrazine groups is 1. The van der Waals surface area contributed by atoms with Crippen molar-refractivity contribution in [1.82, 2.24) is 15.6 Å². The molecule has 0 aliphatic heterocycles. The van der Waals surface area contributed by atoms with Crippen LogP contribution >= 0.6 is 0 Å². The number of hydrogen-bond acceptors (Lipinski definition) is 4. The van der Waals surface area contributed by atoms with E-state index in [1.54, 1.807) is 12.1 Å². The number of carbonyl (C=O) groups excluding carboxylic acids is 2. The number of rotatable bonds is 8. The zero-order valence-electron chi connectivity index (χ0n) is 16.4. The molecule has 8 heteroatoms. The quantitative estimate of drug-likeness (QED) is 0.576. The third-order valence-electron chi connectivity index (χ3n) is 4.11. The van der Waals surface area contributed by atoms with Crippen LogP contribution in [0.1, 0.15) is 40.4 Å². The molecule has 0 saturated carbocycles. The third-order valence-corrected chi connectivity index (χ3v) is 5.21. The predicted octanol–water partition coefficient (Wildman–Crippen LogP) is 2.30. The van der Waals surface area contributed by atoms with Crippen LogP contribution in [-0.4, -0.2) is 26.8 Å². The van der Waals surface area contributed by atoms with Crippen molar-refractivity contribution in [3.63, 3.8) is 0 Å². The molecule has 2 rings (SSSR count). The van der Waals surface area contributed by atoms with Crippen LogP contribution in [0, 0.1) is 6.92 Å². The number of sulfonamides is 1. The highest BCUT2D eigenvalue weighted by atomic mass is 32.2. The van der Waals surface area contributed by atoms with Gasteiger partial charge in [0.05, 0.1) is 0 Å². The van der Waals surface area contributed by atoms with Crippen molar-refractivity contribution >= 4 is 27.9 Å². The Kier molecular flexibility index (Phi) is 8.11. The number of nitrogens with one attached hydrogen (secondary N) is 3. The zero-order valence-corrected chi connectivity index (χ0v) is 17.3. The first-order valence-corrected chi connectivity index (χ1v) is 10.8. The maximum atomic E-state index is 12.0. The van der Waals surface area contributed by atoms with E-state index in [0.29, 0.717) is 5.56 Å². The molecule has 0 fully saturated rings. The lowest BCUT2D eigenvalue weighted by molar-refractivity contribution is -0.121. The van der Waals surface area contributed by atoms with Crippen molar-refractivity contribution in [2.45, 2.75) is 26.7 Å². The molecule has 0 heterocycles. The Bertz CT molecular complexity index is 966. The Morgan fingerprint density at radius 2 is 1.62 bits per heavy atom. The molecule has 3 N–H and O–H groups in total. The smallest absolute Gasteiger partial charge is 0.269 e. The Morgan fingerprint density at radius 3 is 2.24 bits per heavy atom. The average molecular weight is 416 g/mol. The number of benzene rings is 2. The summed E-state index contributed by atoms with van der Waals surface area (Å²) < 4.78 is 26.2. The summed E-state index contributed by atoms with van der Waals surface area (Å²) in [5, 5.41) is 1.05. The summed E-state index contributed by atoms with van der Waals surface area (Å²) >= 11 is 0. The van der Waals surface area contributed by atoms with Crippen LogP contribution in [0.4, 0.5) is 0 Å². The van der Waals surface area contributed by atoms with Gasteiger partial charge in [-0.2, -0.15) is 0 Å². The normalized spacial score (nSPS) is 11.4. The Balaban J connectivity index is 1.73. The maximum absolute atomic E-state index is 12.0. The summed E-state index contributed by atoms with van der Waals surface area (Å²) in [5.74, 6) is -0.948. The van der Waals surface area contributed by atoms with Crippen LogP contribution in [0.3, 0.4) is 0 Å². The first-order valence-electron chi connectivity index (χ1n) is 9.21. The molecule has 0 bridgehead atoms. The van der Waals surface area contributed by atoms with Crippen molar-refractivity contribution in [3.05, 3.63) is 76.2 Å². The third kappa shape index (κ3) is 7.89. The van der Waals surface area contributed by atoms with E-state index in [9.17, 15) is 18.0 Å². The van der Waals surface area contributed by atoms with Crippen molar-refractivity contribution in [3.8, 4) is 0 Å². The van der Waals surface area contributed by atoms with Gasteiger partial charge in [-0.25, -0.2) is 13.1 Å². The van der Waals surface area contributed by atoms with E-state index in [-0.39, 0.29) is 13.0 Å². The second-order valence-corrected chi connectivity index (χ2v) is 8.11. The van der Waals surface area contributed by atoms with Gasteiger partial charge in [-0.15, -0.1) is 0 Å². The first kappa shape index (κ1) is 22.3. The molecule has 2 aromatic rings. The van der Waals surface area contributed by atoms with Gasteiger partial charge in [0.15, 0.2) is 0 Å². The van der Waals surface area contributed by atoms with Gasteiger partial charge >= 0.3 is 0 Å². The molecular weight excluding hydrogens is 390 g/mol. The second kappa shape index (κ2) is 10.5. The van der Waals surface area contributed by atoms with Crippen molar-refractivity contribution < 1.29 is 18.0 Å². The summed E-state index contributed by atoms with van der Waals surface area (Å²) in [6.45, 7) is 3.87. The molecule has 7 nitrogen and oxygen atoms in total. The molecule has 0 aliphatic rings. The molecule has 2 aromatic carbocycles. The van der Waals surface area contributed by atoms with E-state index in [4.69, 9.17) is 0 Å². The van der Waals surface area contributed by atoms with E-state index >= 15 is 0 Å². The van der Waals surface area contributed by atoms with Gasteiger partial charge in [0, 0.05) is 23.9 Å². The fourth-order valence-electron chi connectivity index (χ4n) is 2.35. The largest absolute Gasteiger partial charge is 0.273 e. The van der Waals surface area contributed by atoms with E-state index < -0.39 is 21.8 Å². The van der Waals surface area contributed by atoms with Crippen LogP contribution in [0.2, 0.25) is 0 Å². The predicted molar refractivity (Wildman–Crippen MR) is 113 cm³/mol. The molecule has 0 atom stereocenters. The lowest BCUT2D eigenvalue weighted by Crippen LogP contribution is -2.42. The minimum Gasteiger partial charge on any atom is -0.273 e. The van der Waals surface area contributed by atoms with Crippen LogP contribution < -0.4 is 15.6 Å². The van der Waals surface area contributed by atoms with E-state index in [2.05, 4.69) is 15.6 Å². The Hall–Kier alpha value is -2.97. The highest BCUT2D eigenvalue weighted by molar-refractivity contribution is 7.92. The van der Waals surface area contributed by atoms with Crippen molar-refractivity contribution in [2.24, 2.45) is 0 Å². The van der Waals surface area contributed by atoms with Gasteiger partial charge in [0.2, 0.25) is 15.9 Å². The zero-order chi connectivity index (χ0) is 21.3. The fraction of sp³-hybridized carbons (Fsp3) is 0.238. The summed E-state index contributed by atoms with van der Waals surface area (Å²) in [4.78, 5) is 23.8. The molecule has 0 radical (unpaired) electrons. The second-order valence-electron chi connectivity index (χ2n) is 6.46. The molecule has 0 aliphatic carbocycles. The number of carbonyl (C=O) groups is 2. The van der Waals surface area contributed by atoms with Crippen LogP contribution in [0.15, 0.2) is 53.9 Å². The number of hydrogen-bond donors (Lipinski definition) is 3. The van der Waals surface area contributed by atoms with Crippen molar-refractivity contribution in [2.75, 3.05) is 6.54 Å². The minimum absolute atomic E-state index is 0.0898. The van der Waals surface area contributed by atoms with E-state index in [1.165, 1.54) is 6.08 Å². The maximum Gasteiger partial charge on any atom is 0.269 e. The molecule has 0 spiro atoms. The van der Waals surface area contributed by atoms with Gasteiger partial charge in [0.1, 0.15) is 0 Å². The van der Waals surface area contributed by atoms with Gasteiger partial charge in [-0.3, -0.25) is 20.4 Å². The minimum atomic E-state index is -3.66. The lowest BCUT2D eigenvalue weighted by Gasteiger charge is -2.08. The van der Waals surface area contributed by atoms with Gasteiger partial charge in [-0.1, -0.05) is 48.9 Å². The van der Waals surface area contributed by atoms with Gasteiger partial charge in [-0.05, 0) is 42.7 Å². The summed E-state index contributed by atoms with van der Waals surface area (Å²) in [6.07, 6.45) is 2.23. The topological polar surface area (TPSA) is 104 Å². The Labute approximate surface area is 171 Å². The molecule has 29 heavy (non-hydrogen) atoms. The van der Waals surface area contributed by atoms with Crippen LogP contribution in [0.25, 0.3) is 6.08 Å². The number of aryl methyl sites for hydroxylation is 2.